The highest BCUT2D eigenvalue weighted by atomic mass is 32.2. The van der Waals surface area contributed by atoms with E-state index in [0.29, 0.717) is 32.5 Å². The van der Waals surface area contributed by atoms with Gasteiger partial charge in [0.15, 0.2) is 0 Å². The lowest BCUT2D eigenvalue weighted by atomic mass is 10.1. The van der Waals surface area contributed by atoms with Crippen LogP contribution < -0.4 is 0 Å². The Morgan fingerprint density at radius 1 is 1.55 bits per heavy atom. The van der Waals surface area contributed by atoms with Crippen LogP contribution in [-0.4, -0.2) is 48.6 Å². The van der Waals surface area contributed by atoms with E-state index < -0.39 is 0 Å². The van der Waals surface area contributed by atoms with Crippen molar-refractivity contribution >= 4 is 17.7 Å². The van der Waals surface area contributed by atoms with Gasteiger partial charge in [0.25, 0.3) is 0 Å². The van der Waals surface area contributed by atoms with Gasteiger partial charge in [-0.1, -0.05) is 12.1 Å². The maximum Gasteiger partial charge on any atom is 0.223 e. The van der Waals surface area contributed by atoms with Crippen molar-refractivity contribution in [3.8, 4) is 0 Å². The molecule has 1 aromatic carbocycles. The molecule has 1 heterocycles. The Bertz CT molecular complexity index is 455. The first-order valence-electron chi connectivity index (χ1n) is 6.82. The van der Waals surface area contributed by atoms with Crippen molar-refractivity contribution in [1.29, 1.82) is 0 Å². The first-order valence-corrected chi connectivity index (χ1v) is 8.21. The molecule has 0 aromatic heterocycles. The number of thioether (sulfide) groups is 1. The van der Waals surface area contributed by atoms with Crippen LogP contribution in [0.25, 0.3) is 0 Å². The second-order valence-corrected chi connectivity index (χ2v) is 5.89. The average molecular weight is 297 g/mol. The number of ether oxygens (including phenoxy) is 1. The lowest BCUT2D eigenvalue weighted by Gasteiger charge is -2.33. The molecule has 1 amide bonds. The van der Waals surface area contributed by atoms with Gasteiger partial charge in [0.2, 0.25) is 5.91 Å². The number of carbonyl (C=O) groups excluding carboxylic acids is 1. The van der Waals surface area contributed by atoms with E-state index in [2.05, 4.69) is 0 Å². The summed E-state index contributed by atoms with van der Waals surface area (Å²) in [6, 6.07) is 6.55. The molecule has 20 heavy (non-hydrogen) atoms. The number of amides is 1. The summed E-state index contributed by atoms with van der Waals surface area (Å²) in [6.07, 6.45) is 3.18. The number of hydrogen-bond donors (Lipinski definition) is 0. The van der Waals surface area contributed by atoms with Gasteiger partial charge in [0, 0.05) is 31.7 Å². The molecule has 1 saturated heterocycles. The standard InChI is InChI=1S/C15H20FNO2S/c1-20-8-5-15(18)17-6-7-19-14(11-17)10-12-3-2-4-13(16)9-12/h2-4,9,14H,5-8,10-11H2,1H3/t14-/m0/s1. The summed E-state index contributed by atoms with van der Waals surface area (Å²) in [6.45, 7) is 1.82. The normalized spacial score (nSPS) is 19.1. The molecule has 0 unspecified atom stereocenters. The molecular weight excluding hydrogens is 277 g/mol. The number of benzene rings is 1. The predicted octanol–water partition coefficient (Wildman–Crippen LogP) is 2.35. The SMILES string of the molecule is CSCCC(=O)N1CCO[C@@H](Cc2cccc(F)c2)C1. The number of rotatable bonds is 5. The number of halogens is 1. The summed E-state index contributed by atoms with van der Waals surface area (Å²) in [5.41, 5.74) is 0.911. The summed E-state index contributed by atoms with van der Waals surface area (Å²) in [5, 5.41) is 0. The lowest BCUT2D eigenvalue weighted by Crippen LogP contribution is -2.46. The minimum atomic E-state index is -0.230. The van der Waals surface area contributed by atoms with Crippen LogP contribution in [0.3, 0.4) is 0 Å². The van der Waals surface area contributed by atoms with E-state index in [1.54, 1.807) is 17.8 Å². The molecule has 0 aliphatic carbocycles. The van der Waals surface area contributed by atoms with Gasteiger partial charge >= 0.3 is 0 Å². The molecule has 0 radical (unpaired) electrons. The zero-order valence-electron chi connectivity index (χ0n) is 11.7. The molecular formula is C15H20FNO2S. The van der Waals surface area contributed by atoms with Gasteiger partial charge in [-0.25, -0.2) is 4.39 Å². The van der Waals surface area contributed by atoms with Crippen LogP contribution in [0.2, 0.25) is 0 Å². The maximum atomic E-state index is 13.2. The van der Waals surface area contributed by atoms with E-state index >= 15 is 0 Å². The maximum absolute atomic E-state index is 13.2. The van der Waals surface area contributed by atoms with Crippen LogP contribution in [0.4, 0.5) is 4.39 Å². The molecule has 0 bridgehead atoms. The molecule has 1 aromatic rings. The summed E-state index contributed by atoms with van der Waals surface area (Å²) in [7, 11) is 0. The summed E-state index contributed by atoms with van der Waals surface area (Å²) in [4.78, 5) is 13.9. The van der Waals surface area contributed by atoms with E-state index in [9.17, 15) is 9.18 Å². The zero-order valence-corrected chi connectivity index (χ0v) is 12.5. The van der Waals surface area contributed by atoms with Crippen LogP contribution in [-0.2, 0) is 16.0 Å². The van der Waals surface area contributed by atoms with Crippen molar-refractivity contribution in [2.45, 2.75) is 18.9 Å². The number of morpholine rings is 1. The molecule has 1 atom stereocenters. The van der Waals surface area contributed by atoms with Gasteiger partial charge in [0.1, 0.15) is 5.82 Å². The Labute approximate surface area is 123 Å². The molecule has 5 heteroatoms. The lowest BCUT2D eigenvalue weighted by molar-refractivity contribution is -0.138. The molecule has 3 nitrogen and oxygen atoms in total. The molecule has 0 spiro atoms. The second kappa shape index (κ2) is 7.64. The first-order chi connectivity index (χ1) is 9.69. The Hall–Kier alpha value is -1.07. The van der Waals surface area contributed by atoms with E-state index in [0.717, 1.165) is 11.3 Å². The van der Waals surface area contributed by atoms with Crippen LogP contribution in [0, 0.1) is 5.82 Å². The fraction of sp³-hybridized carbons (Fsp3) is 0.533. The van der Waals surface area contributed by atoms with Crippen molar-refractivity contribution in [1.82, 2.24) is 4.90 Å². The topological polar surface area (TPSA) is 29.5 Å². The smallest absolute Gasteiger partial charge is 0.223 e. The first kappa shape index (κ1) is 15.3. The monoisotopic (exact) mass is 297 g/mol. The van der Waals surface area contributed by atoms with Crippen LogP contribution in [0.5, 0.6) is 0 Å². The Balaban J connectivity index is 1.88. The van der Waals surface area contributed by atoms with Crippen molar-refractivity contribution < 1.29 is 13.9 Å². The van der Waals surface area contributed by atoms with E-state index in [1.165, 1.54) is 12.1 Å². The highest BCUT2D eigenvalue weighted by Crippen LogP contribution is 2.14. The minimum absolute atomic E-state index is 0.0382. The fourth-order valence-corrected chi connectivity index (χ4v) is 2.72. The van der Waals surface area contributed by atoms with Crippen LogP contribution in [0.1, 0.15) is 12.0 Å². The van der Waals surface area contributed by atoms with Crippen LogP contribution in [0.15, 0.2) is 24.3 Å². The van der Waals surface area contributed by atoms with E-state index in [4.69, 9.17) is 4.74 Å². The second-order valence-electron chi connectivity index (χ2n) is 4.91. The zero-order chi connectivity index (χ0) is 14.4. The minimum Gasteiger partial charge on any atom is -0.374 e. The Morgan fingerprint density at radius 2 is 2.40 bits per heavy atom. The van der Waals surface area contributed by atoms with Crippen molar-refractivity contribution in [2.75, 3.05) is 31.7 Å². The van der Waals surface area contributed by atoms with E-state index in [-0.39, 0.29) is 17.8 Å². The van der Waals surface area contributed by atoms with Gasteiger partial charge < -0.3 is 9.64 Å². The summed E-state index contributed by atoms with van der Waals surface area (Å²) in [5.74, 6) is 0.809. The van der Waals surface area contributed by atoms with Crippen molar-refractivity contribution in [3.05, 3.63) is 35.6 Å². The van der Waals surface area contributed by atoms with Crippen molar-refractivity contribution in [2.24, 2.45) is 0 Å². The predicted molar refractivity (Wildman–Crippen MR) is 79.4 cm³/mol. The summed E-state index contributed by atoms with van der Waals surface area (Å²) >= 11 is 1.68. The number of hydrogen-bond acceptors (Lipinski definition) is 3. The third-order valence-electron chi connectivity index (χ3n) is 3.36. The van der Waals surface area contributed by atoms with Gasteiger partial charge in [-0.3, -0.25) is 4.79 Å². The third kappa shape index (κ3) is 4.49. The molecule has 110 valence electrons. The van der Waals surface area contributed by atoms with E-state index in [1.807, 2.05) is 17.2 Å². The quantitative estimate of drug-likeness (QED) is 0.835. The highest BCUT2D eigenvalue weighted by Gasteiger charge is 2.24. The molecule has 0 N–H and O–H groups in total. The Kier molecular flexibility index (Phi) is 5.86. The third-order valence-corrected chi connectivity index (χ3v) is 3.98. The van der Waals surface area contributed by atoms with Crippen LogP contribution >= 0.6 is 11.8 Å². The van der Waals surface area contributed by atoms with Gasteiger partial charge in [-0.05, 0) is 24.0 Å². The van der Waals surface area contributed by atoms with Gasteiger partial charge in [-0.15, -0.1) is 0 Å². The highest BCUT2D eigenvalue weighted by molar-refractivity contribution is 7.98. The Morgan fingerprint density at radius 3 is 3.15 bits per heavy atom. The van der Waals surface area contributed by atoms with Crippen molar-refractivity contribution in [3.63, 3.8) is 0 Å². The largest absolute Gasteiger partial charge is 0.374 e. The summed E-state index contributed by atoms with van der Waals surface area (Å²) < 4.78 is 18.8. The number of carbonyl (C=O) groups is 1. The average Bonchev–Trinajstić information content (AvgIpc) is 2.45. The molecule has 1 aliphatic rings. The molecule has 1 aliphatic heterocycles. The molecule has 1 fully saturated rings. The van der Waals surface area contributed by atoms with Gasteiger partial charge in [0.05, 0.1) is 12.7 Å². The number of nitrogens with zero attached hydrogens (tertiary/aromatic N) is 1. The molecule has 0 saturated carbocycles. The fourth-order valence-electron chi connectivity index (χ4n) is 2.34. The molecule has 2 rings (SSSR count). The van der Waals surface area contributed by atoms with Gasteiger partial charge in [-0.2, -0.15) is 11.8 Å².